The van der Waals surface area contributed by atoms with Crippen molar-refractivity contribution in [3.8, 4) is 11.5 Å². The highest BCUT2D eigenvalue weighted by molar-refractivity contribution is 5.45. The molecule has 2 atom stereocenters. The van der Waals surface area contributed by atoms with Crippen molar-refractivity contribution in [2.75, 3.05) is 20.8 Å². The Morgan fingerprint density at radius 2 is 2.10 bits per heavy atom. The van der Waals surface area contributed by atoms with E-state index in [1.54, 1.807) is 14.2 Å². The first kappa shape index (κ1) is 15.2. The summed E-state index contributed by atoms with van der Waals surface area (Å²) in [6.07, 6.45) is 4.78. The molecule has 0 radical (unpaired) electrons. The third-order valence-electron chi connectivity index (χ3n) is 4.48. The van der Waals surface area contributed by atoms with Crippen LogP contribution in [0.2, 0.25) is 0 Å². The van der Waals surface area contributed by atoms with Crippen LogP contribution in [0.3, 0.4) is 0 Å². The summed E-state index contributed by atoms with van der Waals surface area (Å²) in [5.74, 6) is 1.89. The van der Waals surface area contributed by atoms with E-state index in [1.165, 1.54) is 24.8 Å². The van der Waals surface area contributed by atoms with E-state index in [0.29, 0.717) is 6.04 Å². The van der Waals surface area contributed by atoms with Gasteiger partial charge in [0.15, 0.2) is 0 Å². The fourth-order valence-electron chi connectivity index (χ4n) is 3.29. The molecular weight excluding hydrogens is 250 g/mol. The van der Waals surface area contributed by atoms with E-state index in [9.17, 15) is 0 Å². The van der Waals surface area contributed by atoms with E-state index in [4.69, 9.17) is 9.47 Å². The van der Waals surface area contributed by atoms with Crippen LogP contribution in [0.4, 0.5) is 0 Å². The Bertz CT molecular complexity index is 447. The summed E-state index contributed by atoms with van der Waals surface area (Å²) in [5.41, 5.74) is 1.45. The molecule has 1 aromatic carbocycles. The normalized spacial score (nSPS) is 25.7. The van der Waals surface area contributed by atoms with Crippen LogP contribution < -0.4 is 14.8 Å². The van der Waals surface area contributed by atoms with Gasteiger partial charge in [0.1, 0.15) is 11.5 Å². The van der Waals surface area contributed by atoms with Gasteiger partial charge < -0.3 is 14.8 Å². The van der Waals surface area contributed by atoms with Gasteiger partial charge in [-0.05, 0) is 55.8 Å². The van der Waals surface area contributed by atoms with Crippen LogP contribution in [-0.2, 0) is 5.41 Å². The molecule has 1 fully saturated rings. The molecule has 20 heavy (non-hydrogen) atoms. The fraction of sp³-hybridized carbons (Fsp3) is 0.647. The van der Waals surface area contributed by atoms with Gasteiger partial charge in [-0.2, -0.15) is 0 Å². The number of hydrogen-bond acceptors (Lipinski definition) is 3. The van der Waals surface area contributed by atoms with Crippen molar-refractivity contribution in [1.29, 1.82) is 0 Å². The first-order valence-corrected chi connectivity index (χ1v) is 7.59. The molecule has 1 saturated carbocycles. The minimum atomic E-state index is 0.172. The van der Waals surface area contributed by atoms with Gasteiger partial charge in [0.05, 0.1) is 14.2 Å². The van der Waals surface area contributed by atoms with E-state index in [2.05, 4.69) is 25.2 Å². The zero-order chi connectivity index (χ0) is 14.6. The Kier molecular flexibility index (Phi) is 4.92. The average molecular weight is 277 g/mol. The number of methoxy groups -OCH3 is 2. The summed E-state index contributed by atoms with van der Waals surface area (Å²) in [6.45, 7) is 5.67. The van der Waals surface area contributed by atoms with Crippen molar-refractivity contribution in [2.45, 2.75) is 51.0 Å². The first-order valence-electron chi connectivity index (χ1n) is 7.59. The molecule has 0 saturated heterocycles. The smallest absolute Gasteiger partial charge is 0.122 e. The quantitative estimate of drug-likeness (QED) is 0.863. The Hall–Kier alpha value is -1.22. The Morgan fingerprint density at radius 1 is 1.30 bits per heavy atom. The molecule has 2 unspecified atom stereocenters. The molecular formula is C17H27NO2. The third-order valence-corrected chi connectivity index (χ3v) is 4.48. The van der Waals surface area contributed by atoms with E-state index in [0.717, 1.165) is 24.5 Å². The van der Waals surface area contributed by atoms with Gasteiger partial charge in [-0.1, -0.05) is 13.8 Å². The van der Waals surface area contributed by atoms with Gasteiger partial charge in [-0.25, -0.2) is 0 Å². The van der Waals surface area contributed by atoms with Crippen LogP contribution in [0.15, 0.2) is 18.2 Å². The average Bonchev–Trinajstić information content (AvgIpc) is 2.87. The maximum absolute atomic E-state index is 5.56. The molecule has 0 heterocycles. The number of ether oxygens (including phenoxy) is 2. The molecule has 0 aromatic heterocycles. The SMILES string of the molecule is CCCNC1CCC(C)(c2cc(OC)ccc2OC)C1. The number of hydrogen-bond donors (Lipinski definition) is 1. The van der Waals surface area contributed by atoms with Crippen LogP contribution in [0.5, 0.6) is 11.5 Å². The molecule has 1 aromatic rings. The van der Waals surface area contributed by atoms with Crippen molar-refractivity contribution in [3.63, 3.8) is 0 Å². The standard InChI is InChI=1S/C17H27NO2/c1-5-10-18-13-8-9-17(2,12-13)15-11-14(19-3)6-7-16(15)20-4/h6-7,11,13,18H,5,8-10,12H2,1-4H3. The summed E-state index contributed by atoms with van der Waals surface area (Å²) >= 11 is 0. The molecule has 3 heteroatoms. The number of nitrogens with one attached hydrogen (secondary N) is 1. The topological polar surface area (TPSA) is 30.5 Å². The van der Waals surface area contributed by atoms with E-state index in [-0.39, 0.29) is 5.41 Å². The van der Waals surface area contributed by atoms with E-state index < -0.39 is 0 Å². The predicted octanol–water partition coefficient (Wildman–Crippen LogP) is 3.51. The lowest BCUT2D eigenvalue weighted by Gasteiger charge is -2.27. The molecule has 1 aliphatic rings. The second-order valence-electron chi connectivity index (χ2n) is 6.02. The minimum Gasteiger partial charge on any atom is -0.497 e. The molecule has 3 nitrogen and oxygen atoms in total. The largest absolute Gasteiger partial charge is 0.497 e. The monoisotopic (exact) mass is 277 g/mol. The minimum absolute atomic E-state index is 0.172. The third kappa shape index (κ3) is 3.09. The molecule has 112 valence electrons. The van der Waals surface area contributed by atoms with Crippen molar-refractivity contribution in [1.82, 2.24) is 5.32 Å². The predicted molar refractivity (Wildman–Crippen MR) is 82.8 cm³/mol. The fourth-order valence-corrected chi connectivity index (χ4v) is 3.29. The van der Waals surface area contributed by atoms with Crippen molar-refractivity contribution in [2.24, 2.45) is 0 Å². The highest BCUT2D eigenvalue weighted by atomic mass is 16.5. The molecule has 0 amide bonds. The zero-order valence-electron chi connectivity index (χ0n) is 13.2. The van der Waals surface area contributed by atoms with Crippen molar-refractivity contribution < 1.29 is 9.47 Å². The highest BCUT2D eigenvalue weighted by Crippen LogP contribution is 2.45. The lowest BCUT2D eigenvalue weighted by atomic mass is 9.80. The summed E-state index contributed by atoms with van der Waals surface area (Å²) in [5, 5.41) is 3.65. The second kappa shape index (κ2) is 6.49. The molecule has 2 rings (SSSR count). The summed E-state index contributed by atoms with van der Waals surface area (Å²) in [6, 6.07) is 6.75. The van der Waals surface area contributed by atoms with Crippen LogP contribution in [0.25, 0.3) is 0 Å². The Labute approximate surface area is 122 Å². The maximum atomic E-state index is 5.56. The lowest BCUT2D eigenvalue weighted by Crippen LogP contribution is -2.29. The summed E-state index contributed by atoms with van der Waals surface area (Å²) < 4.78 is 10.9. The Balaban J connectivity index is 2.21. The molecule has 1 N–H and O–H groups in total. The molecule has 0 spiro atoms. The van der Waals surface area contributed by atoms with Gasteiger partial charge in [0, 0.05) is 11.6 Å². The first-order chi connectivity index (χ1) is 9.62. The van der Waals surface area contributed by atoms with Crippen LogP contribution in [0, 0.1) is 0 Å². The van der Waals surface area contributed by atoms with E-state index >= 15 is 0 Å². The van der Waals surface area contributed by atoms with Crippen LogP contribution >= 0.6 is 0 Å². The van der Waals surface area contributed by atoms with Gasteiger partial charge in [-0.15, -0.1) is 0 Å². The molecule has 0 bridgehead atoms. The number of benzene rings is 1. The van der Waals surface area contributed by atoms with Crippen molar-refractivity contribution in [3.05, 3.63) is 23.8 Å². The van der Waals surface area contributed by atoms with E-state index in [1.807, 2.05) is 12.1 Å². The van der Waals surface area contributed by atoms with Gasteiger partial charge >= 0.3 is 0 Å². The summed E-state index contributed by atoms with van der Waals surface area (Å²) in [4.78, 5) is 0. The van der Waals surface area contributed by atoms with Gasteiger partial charge in [0.2, 0.25) is 0 Å². The molecule has 1 aliphatic carbocycles. The van der Waals surface area contributed by atoms with Crippen molar-refractivity contribution >= 4 is 0 Å². The number of rotatable bonds is 6. The van der Waals surface area contributed by atoms with Crippen LogP contribution in [-0.4, -0.2) is 26.8 Å². The van der Waals surface area contributed by atoms with Crippen LogP contribution in [0.1, 0.15) is 45.1 Å². The highest BCUT2D eigenvalue weighted by Gasteiger charge is 2.38. The summed E-state index contributed by atoms with van der Waals surface area (Å²) in [7, 11) is 3.46. The molecule has 0 aliphatic heterocycles. The Morgan fingerprint density at radius 3 is 2.75 bits per heavy atom. The zero-order valence-corrected chi connectivity index (χ0v) is 13.2. The van der Waals surface area contributed by atoms with Gasteiger partial charge in [0.25, 0.3) is 0 Å². The maximum Gasteiger partial charge on any atom is 0.122 e. The lowest BCUT2D eigenvalue weighted by molar-refractivity contribution is 0.374. The second-order valence-corrected chi connectivity index (χ2v) is 6.02. The van der Waals surface area contributed by atoms with Gasteiger partial charge in [-0.3, -0.25) is 0 Å².